The van der Waals surface area contributed by atoms with Gasteiger partial charge in [-0.25, -0.2) is 10.4 Å². The molecule has 3 heterocycles. The molecule has 3 aromatic rings. The van der Waals surface area contributed by atoms with Crippen LogP contribution in [0, 0.1) is 19.0 Å². The maximum Gasteiger partial charge on any atom is 0.284 e. The molecule has 0 unspecified atom stereocenters. The summed E-state index contributed by atoms with van der Waals surface area (Å²) in [6.07, 6.45) is 1.47. The fourth-order valence-corrected chi connectivity index (χ4v) is 3.22. The third-order valence-corrected chi connectivity index (χ3v) is 4.54. The van der Waals surface area contributed by atoms with E-state index in [-0.39, 0.29) is 16.6 Å². The molecule has 0 aliphatic heterocycles. The average molecular weight is 375 g/mol. The van der Waals surface area contributed by atoms with E-state index < -0.39 is 0 Å². The number of hydrogen-bond acceptors (Lipinski definition) is 7. The molecule has 0 saturated heterocycles. The van der Waals surface area contributed by atoms with Crippen LogP contribution in [0.1, 0.15) is 16.1 Å². The van der Waals surface area contributed by atoms with Gasteiger partial charge in [0.1, 0.15) is 5.65 Å². The fraction of sp³-hybridized carbons (Fsp3) is 0.294. The lowest BCUT2D eigenvalue weighted by Gasteiger charge is -2.15. The van der Waals surface area contributed by atoms with E-state index in [9.17, 15) is 9.18 Å². The van der Waals surface area contributed by atoms with Gasteiger partial charge in [0.15, 0.2) is 5.13 Å². The van der Waals surface area contributed by atoms with E-state index in [2.05, 4.69) is 20.5 Å². The Labute approximate surface area is 153 Å². The van der Waals surface area contributed by atoms with Gasteiger partial charge in [0.2, 0.25) is 5.95 Å². The van der Waals surface area contributed by atoms with Gasteiger partial charge < -0.3 is 4.74 Å². The lowest BCUT2D eigenvalue weighted by atomic mass is 10.2. The highest BCUT2D eigenvalue weighted by molar-refractivity contribution is 7.12. The lowest BCUT2D eigenvalue weighted by Crippen LogP contribution is -2.21. The van der Waals surface area contributed by atoms with E-state index in [0.717, 1.165) is 22.6 Å². The fourth-order valence-electron chi connectivity index (χ4n) is 2.62. The molecule has 0 amide bonds. The molecule has 0 aliphatic rings. The maximum absolute atomic E-state index is 13.0. The second kappa shape index (κ2) is 7.71. The Morgan fingerprint density at radius 2 is 2.19 bits per heavy atom. The number of nitrogens with one attached hydrogen (secondary N) is 1. The summed E-state index contributed by atoms with van der Waals surface area (Å²) < 4.78 is 20.0. The standard InChI is InChI=1S/C17H18FN5O2S/c1-10-8-11(2)20-15-14(10)16(24)21-17(23(15)6-7-25-3)22-19-9-12-4-5-13(18)26-12/h4-5,8-9H,6-7H2,1-3H3,(H,21,22,24). The molecule has 0 radical (unpaired) electrons. The number of aromatic nitrogens is 3. The van der Waals surface area contributed by atoms with Crippen LogP contribution in [0.15, 0.2) is 28.1 Å². The Balaban J connectivity index is 2.05. The molecule has 26 heavy (non-hydrogen) atoms. The van der Waals surface area contributed by atoms with Crippen LogP contribution in [0.25, 0.3) is 11.0 Å². The van der Waals surface area contributed by atoms with Crippen LogP contribution in [0.2, 0.25) is 0 Å². The second-order valence-corrected chi connectivity index (χ2v) is 6.74. The minimum atomic E-state index is -0.376. The highest BCUT2D eigenvalue weighted by atomic mass is 32.1. The van der Waals surface area contributed by atoms with Crippen LogP contribution in [-0.2, 0) is 11.3 Å². The molecule has 0 saturated carbocycles. The number of pyridine rings is 1. The number of ether oxygens (including phenoxy) is 1. The molecule has 136 valence electrons. The Kier molecular flexibility index (Phi) is 5.38. The molecule has 9 heteroatoms. The van der Waals surface area contributed by atoms with Gasteiger partial charge in [-0.2, -0.15) is 14.5 Å². The summed E-state index contributed by atoms with van der Waals surface area (Å²) >= 11 is 0.973. The Morgan fingerprint density at radius 1 is 1.38 bits per heavy atom. The first kappa shape index (κ1) is 18.2. The van der Waals surface area contributed by atoms with E-state index in [1.165, 1.54) is 12.3 Å². The predicted molar refractivity (Wildman–Crippen MR) is 101 cm³/mol. The van der Waals surface area contributed by atoms with E-state index in [1.54, 1.807) is 17.7 Å². The van der Waals surface area contributed by atoms with Crippen molar-refractivity contribution in [2.24, 2.45) is 5.10 Å². The number of fused-ring (bicyclic) bond motifs is 1. The minimum absolute atomic E-state index is 0.255. The van der Waals surface area contributed by atoms with Gasteiger partial charge in [-0.3, -0.25) is 9.36 Å². The third kappa shape index (κ3) is 3.78. The molecule has 3 rings (SSSR count). The highest BCUT2D eigenvalue weighted by Gasteiger charge is 2.14. The summed E-state index contributed by atoms with van der Waals surface area (Å²) in [7, 11) is 1.60. The molecule has 0 atom stereocenters. The van der Waals surface area contributed by atoms with Crippen LogP contribution in [0.5, 0.6) is 0 Å². The molecular weight excluding hydrogens is 357 g/mol. The predicted octanol–water partition coefficient (Wildman–Crippen LogP) is 2.70. The molecular formula is C17H18FN5O2S. The van der Waals surface area contributed by atoms with Gasteiger partial charge in [0.05, 0.1) is 29.6 Å². The monoisotopic (exact) mass is 375 g/mol. The van der Waals surface area contributed by atoms with Crippen molar-refractivity contribution >= 4 is 34.5 Å². The zero-order chi connectivity index (χ0) is 18.7. The van der Waals surface area contributed by atoms with E-state index in [0.29, 0.717) is 29.1 Å². The van der Waals surface area contributed by atoms with Crippen LogP contribution in [0.4, 0.5) is 10.3 Å². The first-order valence-electron chi connectivity index (χ1n) is 7.91. The van der Waals surface area contributed by atoms with Crippen LogP contribution in [-0.4, -0.2) is 34.5 Å². The summed E-state index contributed by atoms with van der Waals surface area (Å²) in [5.74, 6) is 0.255. The van der Waals surface area contributed by atoms with Crippen LogP contribution < -0.4 is 11.0 Å². The molecule has 0 spiro atoms. The zero-order valence-corrected chi connectivity index (χ0v) is 15.4. The van der Waals surface area contributed by atoms with Crippen molar-refractivity contribution in [1.82, 2.24) is 14.5 Å². The normalized spacial score (nSPS) is 11.5. The maximum atomic E-state index is 13.0. The van der Waals surface area contributed by atoms with Gasteiger partial charge in [-0.1, -0.05) is 0 Å². The Morgan fingerprint density at radius 3 is 2.88 bits per heavy atom. The number of hydrogen-bond donors (Lipinski definition) is 1. The number of methoxy groups -OCH3 is 1. The third-order valence-electron chi connectivity index (χ3n) is 3.73. The molecule has 3 aromatic heterocycles. The van der Waals surface area contributed by atoms with E-state index >= 15 is 0 Å². The molecule has 0 aliphatic carbocycles. The summed E-state index contributed by atoms with van der Waals surface area (Å²) in [4.78, 5) is 21.7. The largest absolute Gasteiger partial charge is 0.383 e. The van der Waals surface area contributed by atoms with Gasteiger partial charge in [0, 0.05) is 12.8 Å². The lowest BCUT2D eigenvalue weighted by molar-refractivity contribution is 0.188. The molecule has 1 N–H and O–H groups in total. The smallest absolute Gasteiger partial charge is 0.284 e. The number of thiophene rings is 1. The number of nitrogens with zero attached hydrogens (tertiary/aromatic N) is 4. The number of aryl methyl sites for hydroxylation is 2. The minimum Gasteiger partial charge on any atom is -0.383 e. The van der Waals surface area contributed by atoms with Crippen LogP contribution in [0.3, 0.4) is 0 Å². The number of halogens is 1. The van der Waals surface area contributed by atoms with Crippen molar-refractivity contribution in [3.63, 3.8) is 0 Å². The summed E-state index contributed by atoms with van der Waals surface area (Å²) in [5, 5.41) is 4.25. The van der Waals surface area contributed by atoms with Crippen molar-refractivity contribution < 1.29 is 9.13 Å². The molecule has 0 bridgehead atoms. The zero-order valence-electron chi connectivity index (χ0n) is 14.6. The number of hydrazone groups is 1. The van der Waals surface area contributed by atoms with E-state index in [4.69, 9.17) is 4.74 Å². The van der Waals surface area contributed by atoms with Crippen molar-refractivity contribution in [3.8, 4) is 0 Å². The number of anilines is 1. The average Bonchev–Trinajstić information content (AvgIpc) is 2.99. The van der Waals surface area contributed by atoms with Crippen molar-refractivity contribution in [2.45, 2.75) is 20.4 Å². The molecule has 7 nitrogen and oxygen atoms in total. The summed E-state index contributed by atoms with van der Waals surface area (Å²) in [5.41, 5.74) is 4.53. The summed E-state index contributed by atoms with van der Waals surface area (Å²) in [6.45, 7) is 4.59. The summed E-state index contributed by atoms with van der Waals surface area (Å²) in [6, 6.07) is 4.83. The second-order valence-electron chi connectivity index (χ2n) is 5.68. The van der Waals surface area contributed by atoms with Gasteiger partial charge >= 0.3 is 0 Å². The Hall–Kier alpha value is -2.65. The van der Waals surface area contributed by atoms with Crippen molar-refractivity contribution in [3.05, 3.63) is 49.8 Å². The van der Waals surface area contributed by atoms with Gasteiger partial charge in [0.25, 0.3) is 5.56 Å². The van der Waals surface area contributed by atoms with E-state index in [1.807, 2.05) is 19.9 Å². The first-order chi connectivity index (χ1) is 12.5. The Bertz CT molecular complexity index is 1030. The topological polar surface area (TPSA) is 81.4 Å². The molecule has 0 aromatic carbocycles. The van der Waals surface area contributed by atoms with Gasteiger partial charge in [-0.05, 0) is 37.6 Å². The van der Waals surface area contributed by atoms with Crippen molar-refractivity contribution in [2.75, 3.05) is 19.1 Å². The SMILES string of the molecule is COCCn1c(NN=Cc2ccc(F)s2)nc(=O)c2c(C)cc(C)nc21. The first-order valence-corrected chi connectivity index (χ1v) is 8.73. The quantitative estimate of drug-likeness (QED) is 0.529. The number of rotatable bonds is 6. The van der Waals surface area contributed by atoms with Gasteiger partial charge in [-0.15, -0.1) is 11.3 Å². The van der Waals surface area contributed by atoms with Crippen LogP contribution >= 0.6 is 11.3 Å². The highest BCUT2D eigenvalue weighted by Crippen LogP contribution is 2.17. The molecule has 0 fully saturated rings. The van der Waals surface area contributed by atoms with Crippen molar-refractivity contribution in [1.29, 1.82) is 0 Å².